The van der Waals surface area contributed by atoms with E-state index in [4.69, 9.17) is 0 Å². The van der Waals surface area contributed by atoms with Crippen LogP contribution in [-0.2, 0) is 13.0 Å². The molecule has 3 aromatic rings. The molecule has 1 aliphatic rings. The number of aromatic nitrogens is 1. The van der Waals surface area contributed by atoms with Gasteiger partial charge in [-0.2, -0.15) is 0 Å². The Labute approximate surface area is 176 Å². The lowest BCUT2D eigenvalue weighted by molar-refractivity contribution is 0.248. The van der Waals surface area contributed by atoms with Crippen LogP contribution in [0.15, 0.2) is 48.8 Å². The monoisotopic (exact) mass is 408 g/mol. The number of carbonyl (C=O) groups excluding carboxylic acids is 1. The minimum atomic E-state index is -0.159. The Morgan fingerprint density at radius 3 is 2.76 bits per heavy atom. The van der Waals surface area contributed by atoms with E-state index in [1.807, 2.05) is 54.7 Å². The number of fused-ring (bicyclic) bond motifs is 1. The van der Waals surface area contributed by atoms with E-state index in [-0.39, 0.29) is 12.1 Å². The summed E-state index contributed by atoms with van der Waals surface area (Å²) in [4.78, 5) is 16.5. The van der Waals surface area contributed by atoms with Gasteiger partial charge in [0.25, 0.3) is 0 Å². The van der Waals surface area contributed by atoms with E-state index in [2.05, 4.69) is 46.5 Å². The Hall–Kier alpha value is -2.57. The smallest absolute Gasteiger partial charge is 0.319 e. The molecule has 0 aliphatic carbocycles. The highest BCUT2D eigenvalue weighted by atomic mass is 32.1. The molecule has 1 aliphatic heterocycles. The molecule has 4 rings (SSSR count). The van der Waals surface area contributed by atoms with Gasteiger partial charge in [0.1, 0.15) is 5.00 Å². The molecule has 0 saturated heterocycles. The van der Waals surface area contributed by atoms with Crippen LogP contribution in [0, 0.1) is 6.92 Å². The number of aryl methyl sites for hydroxylation is 1. The Morgan fingerprint density at radius 1 is 1.24 bits per heavy atom. The average molecular weight is 409 g/mol. The topological polar surface area (TPSA) is 49.3 Å². The van der Waals surface area contributed by atoms with Gasteiger partial charge in [-0.3, -0.25) is 0 Å². The van der Waals surface area contributed by atoms with Crippen LogP contribution < -0.4 is 10.6 Å². The van der Waals surface area contributed by atoms with Gasteiger partial charge in [-0.15, -0.1) is 11.3 Å². The highest BCUT2D eigenvalue weighted by Crippen LogP contribution is 2.40. The number of hydrogen-bond donors (Lipinski definition) is 2. The molecule has 0 unspecified atom stereocenters. The van der Waals surface area contributed by atoms with Crippen molar-refractivity contribution in [3.63, 3.8) is 0 Å². The summed E-state index contributed by atoms with van der Waals surface area (Å²) >= 11 is 1.85. The Balaban J connectivity index is 1.63. The molecule has 2 aromatic heterocycles. The summed E-state index contributed by atoms with van der Waals surface area (Å²) in [6.45, 7) is 6.18. The fourth-order valence-corrected chi connectivity index (χ4v) is 5.44. The molecule has 0 bridgehead atoms. The minimum Gasteiger partial charge on any atom is -0.331 e. The van der Waals surface area contributed by atoms with Crippen LogP contribution in [0.25, 0.3) is 5.00 Å². The average Bonchev–Trinajstić information content (AvgIpc) is 3.33. The molecule has 0 saturated carbocycles. The number of likely N-dealkylation sites (N-methyl/N-ethyl adjacent to an activating group) is 1. The van der Waals surface area contributed by atoms with Gasteiger partial charge in [0.15, 0.2) is 0 Å². The normalized spacial score (nSPS) is 15.0. The van der Waals surface area contributed by atoms with Crippen molar-refractivity contribution in [3.8, 4) is 5.00 Å². The van der Waals surface area contributed by atoms with Crippen LogP contribution in [0.1, 0.15) is 41.0 Å². The zero-order valence-corrected chi connectivity index (χ0v) is 18.1. The second kappa shape index (κ2) is 8.43. The first kappa shape index (κ1) is 19.7. The first-order valence-corrected chi connectivity index (χ1v) is 11.0. The Kier molecular flexibility index (Phi) is 5.74. The minimum absolute atomic E-state index is 0.0272. The van der Waals surface area contributed by atoms with E-state index in [1.165, 1.54) is 21.0 Å². The van der Waals surface area contributed by atoms with E-state index in [0.29, 0.717) is 0 Å². The number of hydrogen-bond acceptors (Lipinski definition) is 3. The fraction of sp³-hybridized carbons (Fsp3) is 0.348. The summed E-state index contributed by atoms with van der Waals surface area (Å²) in [5, 5.41) is 7.44. The van der Waals surface area contributed by atoms with Gasteiger partial charge < -0.3 is 20.1 Å². The Morgan fingerprint density at radius 2 is 2.03 bits per heavy atom. The lowest BCUT2D eigenvalue weighted by Crippen LogP contribution is -2.34. The highest BCUT2D eigenvalue weighted by molar-refractivity contribution is 7.15. The highest BCUT2D eigenvalue weighted by Gasteiger charge is 2.28. The zero-order chi connectivity index (χ0) is 20.4. The van der Waals surface area contributed by atoms with Crippen LogP contribution in [0.2, 0.25) is 0 Å². The number of benzene rings is 1. The number of urea groups is 1. The molecule has 1 aromatic carbocycles. The number of amides is 2. The molecule has 29 heavy (non-hydrogen) atoms. The molecule has 2 amide bonds. The molecule has 152 valence electrons. The zero-order valence-electron chi connectivity index (χ0n) is 17.2. The standard InChI is InChI=1S/C23H28N4OS/c1-4-19(25-23(28)24-17-9-7-8-16(2)14-17)21-18-10-13-26(3)15-20(18)29-22(21)27-11-5-6-12-27/h5-9,11-12,14,19H,4,10,13,15H2,1-3H3,(H2,24,25,28)/t19-/m0/s1. The third-order valence-electron chi connectivity index (χ3n) is 5.45. The largest absolute Gasteiger partial charge is 0.331 e. The third kappa shape index (κ3) is 4.23. The van der Waals surface area contributed by atoms with Gasteiger partial charge >= 0.3 is 6.03 Å². The van der Waals surface area contributed by atoms with Crippen molar-refractivity contribution in [2.75, 3.05) is 18.9 Å². The summed E-state index contributed by atoms with van der Waals surface area (Å²) in [6, 6.07) is 11.8. The fourth-order valence-electron chi connectivity index (χ4n) is 3.99. The van der Waals surface area contributed by atoms with Crippen LogP contribution in [0.4, 0.5) is 10.5 Å². The number of nitrogens with zero attached hydrogens (tertiary/aromatic N) is 2. The van der Waals surface area contributed by atoms with Crippen molar-refractivity contribution in [2.24, 2.45) is 0 Å². The maximum Gasteiger partial charge on any atom is 0.319 e. The summed E-state index contributed by atoms with van der Waals surface area (Å²) < 4.78 is 2.18. The van der Waals surface area contributed by atoms with E-state index in [9.17, 15) is 4.79 Å². The van der Waals surface area contributed by atoms with Gasteiger partial charge in [0.2, 0.25) is 0 Å². The summed E-state index contributed by atoms with van der Waals surface area (Å²) in [6.07, 6.45) is 6.04. The van der Waals surface area contributed by atoms with Gasteiger partial charge in [-0.1, -0.05) is 19.1 Å². The molecule has 3 heterocycles. The van der Waals surface area contributed by atoms with E-state index in [1.54, 1.807) is 0 Å². The van der Waals surface area contributed by atoms with E-state index < -0.39 is 0 Å². The Bertz CT molecular complexity index is 992. The first-order chi connectivity index (χ1) is 14.0. The number of anilines is 1. The molecule has 0 radical (unpaired) electrons. The third-order valence-corrected chi connectivity index (χ3v) is 6.69. The van der Waals surface area contributed by atoms with Gasteiger partial charge in [-0.25, -0.2) is 4.79 Å². The maximum atomic E-state index is 12.8. The van der Waals surface area contributed by atoms with Crippen molar-refractivity contribution < 1.29 is 4.79 Å². The predicted molar refractivity (Wildman–Crippen MR) is 120 cm³/mol. The van der Waals surface area contributed by atoms with Crippen molar-refractivity contribution in [1.29, 1.82) is 0 Å². The molecule has 5 nitrogen and oxygen atoms in total. The second-order valence-corrected chi connectivity index (χ2v) is 8.81. The number of thiophene rings is 1. The van der Waals surface area contributed by atoms with Crippen LogP contribution in [0.5, 0.6) is 0 Å². The second-order valence-electron chi connectivity index (χ2n) is 7.73. The lowest BCUT2D eigenvalue weighted by atomic mass is 9.96. The van der Waals surface area contributed by atoms with E-state index >= 15 is 0 Å². The lowest BCUT2D eigenvalue weighted by Gasteiger charge is -2.25. The first-order valence-electron chi connectivity index (χ1n) is 10.2. The van der Waals surface area contributed by atoms with E-state index in [0.717, 1.165) is 37.2 Å². The summed E-state index contributed by atoms with van der Waals surface area (Å²) in [5.41, 5.74) is 4.63. The quantitative estimate of drug-likeness (QED) is 0.616. The van der Waals surface area contributed by atoms with Gasteiger partial charge in [0, 0.05) is 41.6 Å². The number of nitrogens with one attached hydrogen (secondary N) is 2. The van der Waals surface area contributed by atoms with Crippen molar-refractivity contribution in [3.05, 3.63) is 70.4 Å². The van der Waals surface area contributed by atoms with Gasteiger partial charge in [-0.05, 0) is 62.2 Å². The van der Waals surface area contributed by atoms with Crippen molar-refractivity contribution in [1.82, 2.24) is 14.8 Å². The van der Waals surface area contributed by atoms with Gasteiger partial charge in [0.05, 0.1) is 6.04 Å². The number of rotatable bonds is 5. The predicted octanol–water partition coefficient (Wildman–Crippen LogP) is 5.11. The SMILES string of the molecule is CC[C@H](NC(=O)Nc1cccc(C)c1)c1c(-n2cccc2)sc2c1CCN(C)C2. The van der Waals surface area contributed by atoms with Crippen LogP contribution in [0.3, 0.4) is 0 Å². The molecule has 0 spiro atoms. The van der Waals surface area contributed by atoms with Crippen molar-refractivity contribution >= 4 is 23.1 Å². The molecular formula is C23H28N4OS. The van der Waals surface area contributed by atoms with Crippen LogP contribution >= 0.6 is 11.3 Å². The van der Waals surface area contributed by atoms with Crippen molar-refractivity contribution in [2.45, 2.75) is 39.3 Å². The summed E-state index contributed by atoms with van der Waals surface area (Å²) in [7, 11) is 2.17. The maximum absolute atomic E-state index is 12.8. The molecule has 0 fully saturated rings. The molecule has 1 atom stereocenters. The number of carbonyl (C=O) groups is 1. The molecular weight excluding hydrogens is 380 g/mol. The molecule has 6 heteroatoms. The summed E-state index contributed by atoms with van der Waals surface area (Å²) in [5.74, 6) is 0. The molecule has 2 N–H and O–H groups in total. The van der Waals surface area contributed by atoms with Crippen LogP contribution in [-0.4, -0.2) is 29.1 Å².